The molecule has 3 aromatic carbocycles. The number of carbonyl (C=O) groups is 1. The molecular formula is C22H18F2N2O2S. The third kappa shape index (κ3) is 5.58. The highest BCUT2D eigenvalue weighted by Crippen LogP contribution is 2.27. The van der Waals surface area contributed by atoms with Crippen LogP contribution in [0.2, 0.25) is 0 Å². The summed E-state index contributed by atoms with van der Waals surface area (Å²) in [6.07, 6.45) is 0. The smallest absolute Gasteiger partial charge is 0.387 e. The van der Waals surface area contributed by atoms with Crippen molar-refractivity contribution in [2.24, 2.45) is 0 Å². The van der Waals surface area contributed by atoms with E-state index >= 15 is 0 Å². The summed E-state index contributed by atoms with van der Waals surface area (Å²) < 4.78 is 29.6. The molecule has 0 aliphatic rings. The standard InChI is InChI=1S/C22H18F2N2O2S/c23-21(24)28-18-14-8-7-13-17(18)25-22(29)26-20(27)19(15-9-3-1-4-10-15)16-11-5-2-6-12-16/h1-14,19,21H,(H2,25,26,27,29). The molecule has 0 unspecified atom stereocenters. The fraction of sp³-hybridized carbons (Fsp3) is 0.0909. The summed E-state index contributed by atoms with van der Waals surface area (Å²) in [5.74, 6) is -0.987. The fourth-order valence-electron chi connectivity index (χ4n) is 2.89. The van der Waals surface area contributed by atoms with Crippen molar-refractivity contribution >= 4 is 28.9 Å². The number of thiocarbonyl (C=S) groups is 1. The maximum atomic E-state index is 13.0. The molecule has 0 spiro atoms. The van der Waals surface area contributed by atoms with E-state index in [1.807, 2.05) is 60.7 Å². The Morgan fingerprint density at radius 2 is 1.34 bits per heavy atom. The van der Waals surface area contributed by atoms with Crippen molar-refractivity contribution in [3.63, 3.8) is 0 Å². The van der Waals surface area contributed by atoms with Crippen LogP contribution in [0.4, 0.5) is 14.5 Å². The van der Waals surface area contributed by atoms with Crippen molar-refractivity contribution in [3.05, 3.63) is 96.1 Å². The van der Waals surface area contributed by atoms with Crippen LogP contribution in [0.25, 0.3) is 0 Å². The molecule has 1 amide bonds. The first kappa shape index (κ1) is 20.4. The van der Waals surface area contributed by atoms with Gasteiger partial charge >= 0.3 is 6.61 Å². The van der Waals surface area contributed by atoms with Crippen molar-refractivity contribution < 1.29 is 18.3 Å². The number of alkyl halides is 2. The molecule has 0 aliphatic heterocycles. The number of amides is 1. The summed E-state index contributed by atoms with van der Waals surface area (Å²) in [7, 11) is 0. The van der Waals surface area contributed by atoms with Crippen LogP contribution in [0.1, 0.15) is 17.0 Å². The van der Waals surface area contributed by atoms with Crippen LogP contribution in [0.15, 0.2) is 84.9 Å². The second kappa shape index (κ2) is 9.75. The van der Waals surface area contributed by atoms with E-state index in [0.717, 1.165) is 11.1 Å². The minimum Gasteiger partial charge on any atom is -0.433 e. The zero-order chi connectivity index (χ0) is 20.6. The molecule has 0 fully saturated rings. The third-order valence-electron chi connectivity index (χ3n) is 4.12. The first-order chi connectivity index (χ1) is 14.0. The van der Waals surface area contributed by atoms with E-state index in [1.54, 1.807) is 12.1 Å². The third-order valence-corrected chi connectivity index (χ3v) is 4.32. The van der Waals surface area contributed by atoms with Crippen LogP contribution in [0.5, 0.6) is 5.75 Å². The van der Waals surface area contributed by atoms with E-state index in [-0.39, 0.29) is 22.5 Å². The molecule has 29 heavy (non-hydrogen) atoms. The molecule has 0 bridgehead atoms. The van der Waals surface area contributed by atoms with E-state index < -0.39 is 12.5 Å². The lowest BCUT2D eigenvalue weighted by Gasteiger charge is -2.19. The Hall–Kier alpha value is -3.32. The van der Waals surface area contributed by atoms with Gasteiger partial charge in [0.05, 0.1) is 11.6 Å². The second-order valence-corrected chi connectivity index (χ2v) is 6.48. The predicted octanol–water partition coefficient (Wildman–Crippen LogP) is 4.93. The van der Waals surface area contributed by atoms with Gasteiger partial charge in [0.2, 0.25) is 5.91 Å². The number of nitrogens with one attached hydrogen (secondary N) is 2. The highest BCUT2D eigenvalue weighted by atomic mass is 32.1. The molecule has 2 N–H and O–H groups in total. The molecule has 0 atom stereocenters. The summed E-state index contributed by atoms with van der Waals surface area (Å²) in [5, 5.41) is 5.37. The van der Waals surface area contributed by atoms with Gasteiger partial charge in [-0.1, -0.05) is 72.8 Å². The predicted molar refractivity (Wildman–Crippen MR) is 112 cm³/mol. The first-order valence-corrected chi connectivity index (χ1v) is 9.21. The Morgan fingerprint density at radius 3 is 1.90 bits per heavy atom. The number of benzene rings is 3. The van der Waals surface area contributed by atoms with Crippen molar-refractivity contribution in [2.45, 2.75) is 12.5 Å². The molecule has 0 saturated heterocycles. The average molecular weight is 412 g/mol. The molecule has 3 rings (SSSR count). The molecule has 7 heteroatoms. The van der Waals surface area contributed by atoms with E-state index in [4.69, 9.17) is 12.2 Å². The van der Waals surface area contributed by atoms with Gasteiger partial charge in [0.25, 0.3) is 0 Å². The molecule has 4 nitrogen and oxygen atoms in total. The monoisotopic (exact) mass is 412 g/mol. The number of carbonyl (C=O) groups excluding carboxylic acids is 1. The Labute approximate surface area is 172 Å². The lowest BCUT2D eigenvalue weighted by molar-refractivity contribution is -0.120. The highest BCUT2D eigenvalue weighted by Gasteiger charge is 2.23. The Bertz CT molecular complexity index is 929. The van der Waals surface area contributed by atoms with Gasteiger partial charge in [-0.3, -0.25) is 4.79 Å². The molecule has 148 valence electrons. The SMILES string of the molecule is O=C(NC(=S)Nc1ccccc1OC(F)F)C(c1ccccc1)c1ccccc1. The van der Waals surface area contributed by atoms with Gasteiger partial charge in [-0.15, -0.1) is 0 Å². The number of hydrogen-bond acceptors (Lipinski definition) is 3. The van der Waals surface area contributed by atoms with Gasteiger partial charge in [0.1, 0.15) is 5.75 Å². The number of anilines is 1. The van der Waals surface area contributed by atoms with Gasteiger partial charge in [-0.2, -0.15) is 8.78 Å². The largest absolute Gasteiger partial charge is 0.433 e. The number of ether oxygens (including phenoxy) is 1. The normalized spacial score (nSPS) is 10.6. The number of hydrogen-bond donors (Lipinski definition) is 2. The van der Waals surface area contributed by atoms with E-state index in [0.29, 0.717) is 0 Å². The summed E-state index contributed by atoms with van der Waals surface area (Å²) in [6, 6.07) is 24.7. The molecule has 0 saturated carbocycles. The summed E-state index contributed by atoms with van der Waals surface area (Å²) >= 11 is 5.22. The lowest BCUT2D eigenvalue weighted by atomic mass is 9.90. The van der Waals surface area contributed by atoms with Crippen LogP contribution in [0.3, 0.4) is 0 Å². The zero-order valence-electron chi connectivity index (χ0n) is 15.2. The Morgan fingerprint density at radius 1 is 0.828 bits per heavy atom. The number of halogens is 2. The van der Waals surface area contributed by atoms with Crippen LogP contribution >= 0.6 is 12.2 Å². The number of para-hydroxylation sites is 2. The van der Waals surface area contributed by atoms with E-state index in [2.05, 4.69) is 15.4 Å². The maximum Gasteiger partial charge on any atom is 0.387 e. The van der Waals surface area contributed by atoms with Gasteiger partial charge in [0, 0.05) is 0 Å². The first-order valence-electron chi connectivity index (χ1n) is 8.80. The summed E-state index contributed by atoms with van der Waals surface area (Å²) in [5.41, 5.74) is 1.84. The van der Waals surface area contributed by atoms with Crippen molar-refractivity contribution in [1.82, 2.24) is 5.32 Å². The highest BCUT2D eigenvalue weighted by molar-refractivity contribution is 7.80. The van der Waals surface area contributed by atoms with Gasteiger partial charge < -0.3 is 15.4 Å². The molecule has 0 aliphatic carbocycles. The average Bonchev–Trinajstić information content (AvgIpc) is 2.71. The molecule has 0 radical (unpaired) electrons. The summed E-state index contributed by atoms with van der Waals surface area (Å²) in [6.45, 7) is -2.97. The minimum atomic E-state index is -2.97. The molecule has 3 aromatic rings. The quantitative estimate of drug-likeness (QED) is 0.564. The van der Waals surface area contributed by atoms with Crippen molar-refractivity contribution in [2.75, 3.05) is 5.32 Å². The minimum absolute atomic E-state index is 0.0165. The van der Waals surface area contributed by atoms with Gasteiger partial charge in [0.15, 0.2) is 5.11 Å². The maximum absolute atomic E-state index is 13.0. The molecular weight excluding hydrogens is 394 g/mol. The van der Waals surface area contributed by atoms with Crippen LogP contribution in [0, 0.1) is 0 Å². The Balaban J connectivity index is 1.78. The zero-order valence-corrected chi connectivity index (χ0v) is 16.0. The van der Waals surface area contributed by atoms with Gasteiger partial charge in [-0.25, -0.2) is 0 Å². The van der Waals surface area contributed by atoms with Gasteiger partial charge in [-0.05, 0) is 35.5 Å². The number of rotatable bonds is 6. The summed E-state index contributed by atoms with van der Waals surface area (Å²) in [4.78, 5) is 13.0. The topological polar surface area (TPSA) is 50.4 Å². The molecule has 0 heterocycles. The van der Waals surface area contributed by atoms with Crippen molar-refractivity contribution in [1.29, 1.82) is 0 Å². The fourth-order valence-corrected chi connectivity index (χ4v) is 3.10. The van der Waals surface area contributed by atoms with E-state index in [9.17, 15) is 13.6 Å². The lowest BCUT2D eigenvalue weighted by Crippen LogP contribution is -2.38. The van der Waals surface area contributed by atoms with Crippen LogP contribution in [-0.4, -0.2) is 17.6 Å². The molecule has 0 aromatic heterocycles. The van der Waals surface area contributed by atoms with Crippen LogP contribution in [-0.2, 0) is 4.79 Å². The van der Waals surface area contributed by atoms with Crippen molar-refractivity contribution in [3.8, 4) is 5.75 Å². The second-order valence-electron chi connectivity index (χ2n) is 6.07. The Kier molecular flexibility index (Phi) is 6.86. The van der Waals surface area contributed by atoms with E-state index in [1.165, 1.54) is 12.1 Å². The van der Waals surface area contributed by atoms with Crippen LogP contribution < -0.4 is 15.4 Å².